The number of rotatable bonds is 4. The van der Waals surface area contributed by atoms with Crippen LogP contribution < -0.4 is 5.32 Å². The average molecular weight is 412 g/mol. The van der Waals surface area contributed by atoms with Crippen LogP contribution in [0.15, 0.2) is 33.6 Å². The number of aliphatic hydroxyl groups is 1. The van der Waals surface area contributed by atoms with E-state index in [4.69, 9.17) is 0 Å². The molecular weight excluding hydrogens is 400 g/mol. The van der Waals surface area contributed by atoms with Crippen LogP contribution in [0.4, 0.5) is 22.6 Å². The van der Waals surface area contributed by atoms with Crippen molar-refractivity contribution in [3.8, 4) is 0 Å². The van der Waals surface area contributed by atoms with Gasteiger partial charge in [-0.1, -0.05) is 0 Å². The second kappa shape index (κ2) is 6.59. The van der Waals surface area contributed by atoms with Crippen LogP contribution in [0.3, 0.4) is 0 Å². The number of pyridine rings is 1. The van der Waals surface area contributed by atoms with E-state index in [-0.39, 0.29) is 17.3 Å². The molecule has 0 aliphatic rings. The number of sulfone groups is 1. The first kappa shape index (κ1) is 20.3. The van der Waals surface area contributed by atoms with E-state index in [0.29, 0.717) is 11.3 Å². The number of carbonyl (C=O) groups is 1. The number of nitrogens with one attached hydrogen (secondary N) is 1. The predicted octanol–water partition coefficient (Wildman–Crippen LogP) is 2.84. The van der Waals surface area contributed by atoms with E-state index < -0.39 is 48.1 Å². The molecule has 2 aromatic heterocycles. The van der Waals surface area contributed by atoms with Crippen molar-refractivity contribution in [3.05, 3.63) is 35.8 Å². The highest BCUT2D eigenvalue weighted by molar-refractivity contribution is 7.93. The first-order valence-corrected chi connectivity index (χ1v) is 9.14. The maximum Gasteiger partial charge on any atom is 0.417 e. The number of anilines is 1. The highest BCUT2D eigenvalue weighted by Gasteiger charge is 2.34. The molecule has 0 radical (unpaired) electrons. The van der Waals surface area contributed by atoms with E-state index in [1.54, 1.807) is 0 Å². The Labute approximate surface area is 149 Å². The Morgan fingerprint density at radius 1 is 1.27 bits per heavy atom. The van der Waals surface area contributed by atoms with Gasteiger partial charge in [0.05, 0.1) is 10.6 Å². The largest absolute Gasteiger partial charge is 0.417 e. The van der Waals surface area contributed by atoms with Gasteiger partial charge in [0, 0.05) is 6.20 Å². The topological polar surface area (TPSA) is 96.4 Å². The van der Waals surface area contributed by atoms with E-state index in [0.717, 1.165) is 6.07 Å². The number of aromatic nitrogens is 1. The molecule has 0 aromatic carbocycles. The zero-order valence-electron chi connectivity index (χ0n) is 13.3. The van der Waals surface area contributed by atoms with E-state index in [1.807, 2.05) is 0 Å². The third-order valence-corrected chi connectivity index (χ3v) is 6.21. The van der Waals surface area contributed by atoms with Crippen LogP contribution in [-0.2, 0) is 20.8 Å². The molecule has 142 valence electrons. The van der Waals surface area contributed by atoms with Crippen molar-refractivity contribution in [3.63, 3.8) is 0 Å². The van der Waals surface area contributed by atoms with Crippen LogP contribution in [0.1, 0.15) is 19.4 Å². The number of amides is 1. The fraction of sp³-hybridized carbons (Fsp3) is 0.286. The van der Waals surface area contributed by atoms with Gasteiger partial charge in [0.2, 0.25) is 9.84 Å². The Balaban J connectivity index is 2.36. The van der Waals surface area contributed by atoms with Crippen molar-refractivity contribution in [1.29, 1.82) is 0 Å². The summed E-state index contributed by atoms with van der Waals surface area (Å²) in [6, 6.07) is 2.28. The van der Waals surface area contributed by atoms with Gasteiger partial charge in [-0.15, -0.1) is 11.3 Å². The molecule has 0 unspecified atom stereocenters. The zero-order valence-corrected chi connectivity index (χ0v) is 14.9. The summed E-state index contributed by atoms with van der Waals surface area (Å²) in [7, 11) is -4.53. The van der Waals surface area contributed by atoms with Gasteiger partial charge in [0.25, 0.3) is 5.91 Å². The molecule has 0 saturated carbocycles. The monoisotopic (exact) mass is 412 g/mol. The van der Waals surface area contributed by atoms with Gasteiger partial charge in [0.15, 0.2) is 10.8 Å². The quantitative estimate of drug-likeness (QED) is 0.753. The van der Waals surface area contributed by atoms with Gasteiger partial charge in [0.1, 0.15) is 9.81 Å². The minimum absolute atomic E-state index is 0.0445. The number of hydrogen-bond acceptors (Lipinski definition) is 6. The summed E-state index contributed by atoms with van der Waals surface area (Å²) >= 11 is 0.538. The van der Waals surface area contributed by atoms with Crippen LogP contribution in [0.2, 0.25) is 0 Å². The van der Waals surface area contributed by atoms with Gasteiger partial charge < -0.3 is 10.4 Å². The SMILES string of the molecule is CC(C)(O)C(=O)Nc1ccc(S(=O)(=O)c2ncc(C(F)(F)F)cc2F)s1. The van der Waals surface area contributed by atoms with Crippen molar-refractivity contribution in [2.24, 2.45) is 0 Å². The molecule has 0 aliphatic carbocycles. The van der Waals surface area contributed by atoms with Gasteiger partial charge >= 0.3 is 6.18 Å². The van der Waals surface area contributed by atoms with Crippen LogP contribution >= 0.6 is 11.3 Å². The van der Waals surface area contributed by atoms with Crippen LogP contribution in [0, 0.1) is 5.82 Å². The maximum atomic E-state index is 13.9. The summed E-state index contributed by atoms with van der Waals surface area (Å²) in [5, 5.41) is 10.7. The molecule has 2 N–H and O–H groups in total. The molecule has 2 heterocycles. The van der Waals surface area contributed by atoms with E-state index in [2.05, 4.69) is 10.3 Å². The van der Waals surface area contributed by atoms with E-state index in [9.17, 15) is 35.9 Å². The van der Waals surface area contributed by atoms with E-state index >= 15 is 0 Å². The summed E-state index contributed by atoms with van der Waals surface area (Å²) in [4.78, 5) is 14.8. The highest BCUT2D eigenvalue weighted by Crippen LogP contribution is 2.34. The fourth-order valence-electron chi connectivity index (χ4n) is 1.67. The van der Waals surface area contributed by atoms with Crippen LogP contribution in [0.25, 0.3) is 0 Å². The second-order valence-corrected chi connectivity index (χ2v) is 8.82. The van der Waals surface area contributed by atoms with Gasteiger partial charge in [-0.25, -0.2) is 17.8 Å². The lowest BCUT2D eigenvalue weighted by Crippen LogP contribution is -2.36. The molecule has 0 bridgehead atoms. The minimum atomic E-state index is -4.87. The van der Waals surface area contributed by atoms with Gasteiger partial charge in [-0.2, -0.15) is 13.2 Å². The molecule has 2 rings (SSSR count). The number of alkyl halides is 3. The summed E-state index contributed by atoms with van der Waals surface area (Å²) in [6.07, 6.45) is -4.64. The molecule has 1 amide bonds. The standard InChI is InChI=1S/C14H12F4N2O4S2/c1-13(2,22)12(21)20-9-3-4-10(25-9)26(23,24)11-8(15)5-7(6-19-11)14(16,17)18/h3-6,22H,1-2H3,(H,20,21). The van der Waals surface area contributed by atoms with Crippen molar-refractivity contribution in [2.45, 2.75) is 34.9 Å². The summed E-state index contributed by atoms with van der Waals surface area (Å²) < 4.78 is 75.8. The Morgan fingerprint density at radius 3 is 2.38 bits per heavy atom. The predicted molar refractivity (Wildman–Crippen MR) is 83.9 cm³/mol. The molecule has 6 nitrogen and oxygen atoms in total. The average Bonchev–Trinajstić information content (AvgIpc) is 2.94. The normalized spacial score (nSPS) is 12.9. The minimum Gasteiger partial charge on any atom is -0.381 e. The number of carbonyl (C=O) groups excluding carboxylic acids is 1. The van der Waals surface area contributed by atoms with Crippen molar-refractivity contribution in [1.82, 2.24) is 4.98 Å². The van der Waals surface area contributed by atoms with Crippen molar-refractivity contribution in [2.75, 3.05) is 5.32 Å². The smallest absolute Gasteiger partial charge is 0.381 e. The van der Waals surface area contributed by atoms with Crippen molar-refractivity contribution >= 4 is 32.1 Å². The Hall–Kier alpha value is -2.05. The molecule has 12 heteroatoms. The van der Waals surface area contributed by atoms with Gasteiger partial charge in [-0.05, 0) is 32.0 Å². The Morgan fingerprint density at radius 2 is 1.88 bits per heavy atom. The molecule has 2 aromatic rings. The summed E-state index contributed by atoms with van der Waals surface area (Å²) in [5.74, 6) is -2.45. The number of hydrogen-bond donors (Lipinski definition) is 2. The highest BCUT2D eigenvalue weighted by atomic mass is 32.2. The molecule has 0 spiro atoms. The van der Waals surface area contributed by atoms with E-state index in [1.165, 1.54) is 19.9 Å². The Bertz CT molecular complexity index is 947. The number of nitrogens with zero attached hydrogens (tertiary/aromatic N) is 1. The second-order valence-electron chi connectivity index (χ2n) is 5.64. The molecular formula is C14H12F4N2O4S2. The lowest BCUT2D eigenvalue weighted by molar-refractivity contribution is -0.138. The maximum absolute atomic E-state index is 13.9. The first-order valence-electron chi connectivity index (χ1n) is 6.84. The van der Waals surface area contributed by atoms with Gasteiger partial charge in [-0.3, -0.25) is 4.79 Å². The summed E-state index contributed by atoms with van der Waals surface area (Å²) in [5.41, 5.74) is -3.14. The fourth-order valence-corrected chi connectivity index (χ4v) is 4.19. The zero-order chi connectivity index (χ0) is 19.9. The summed E-state index contributed by atoms with van der Waals surface area (Å²) in [6.45, 7) is 2.43. The Kier molecular flexibility index (Phi) is 5.14. The molecule has 0 saturated heterocycles. The number of halogens is 4. The molecule has 26 heavy (non-hydrogen) atoms. The lowest BCUT2D eigenvalue weighted by atomic mass is 10.1. The molecule has 0 aliphatic heterocycles. The number of thiophene rings is 1. The molecule has 0 atom stereocenters. The third-order valence-electron chi connectivity index (χ3n) is 3.03. The lowest BCUT2D eigenvalue weighted by Gasteiger charge is -2.15. The third kappa shape index (κ3) is 4.19. The molecule has 0 fully saturated rings. The van der Waals surface area contributed by atoms with Crippen LogP contribution in [0.5, 0.6) is 0 Å². The first-order chi connectivity index (χ1) is 11.7. The van der Waals surface area contributed by atoms with Crippen LogP contribution in [-0.4, -0.2) is 30.0 Å². The van der Waals surface area contributed by atoms with Crippen molar-refractivity contribution < 1.29 is 35.9 Å².